The third-order valence-electron chi connectivity index (χ3n) is 2.39. The highest BCUT2D eigenvalue weighted by Crippen LogP contribution is 2.25. The Morgan fingerprint density at radius 1 is 1.40 bits per heavy atom. The molecule has 2 amide bonds. The van der Waals surface area contributed by atoms with Gasteiger partial charge in [-0.05, 0) is 36.6 Å². The van der Waals surface area contributed by atoms with Crippen molar-refractivity contribution in [2.24, 2.45) is 0 Å². The molecule has 0 spiro atoms. The summed E-state index contributed by atoms with van der Waals surface area (Å²) in [5, 5.41) is 14.6. The second-order valence-corrected chi connectivity index (χ2v) is 5.72. The molecule has 5 nitrogen and oxygen atoms in total. The predicted octanol–water partition coefficient (Wildman–Crippen LogP) is 3.32. The van der Waals surface area contributed by atoms with Gasteiger partial charge >= 0.3 is 12.0 Å². The average Bonchev–Trinajstić information content (AvgIpc) is 2.38. The lowest BCUT2D eigenvalue weighted by Gasteiger charge is -2.15. The van der Waals surface area contributed by atoms with E-state index in [4.69, 9.17) is 28.3 Å². The number of thioether (sulfide) groups is 1. The number of nitrogens with one attached hydrogen (secondary N) is 2. The van der Waals surface area contributed by atoms with Gasteiger partial charge in [-0.25, -0.2) is 9.59 Å². The van der Waals surface area contributed by atoms with Gasteiger partial charge in [0.2, 0.25) is 0 Å². The summed E-state index contributed by atoms with van der Waals surface area (Å²) in [6.07, 6.45) is 2.21. The highest BCUT2D eigenvalue weighted by atomic mass is 35.5. The predicted molar refractivity (Wildman–Crippen MR) is 83.0 cm³/mol. The van der Waals surface area contributed by atoms with Crippen molar-refractivity contribution in [3.63, 3.8) is 0 Å². The minimum absolute atomic E-state index is 0.320. The fraction of sp³-hybridized carbons (Fsp3) is 0.333. The Balaban J connectivity index is 2.65. The van der Waals surface area contributed by atoms with Gasteiger partial charge in [-0.1, -0.05) is 23.2 Å². The van der Waals surface area contributed by atoms with Crippen LogP contribution in [0.3, 0.4) is 0 Å². The van der Waals surface area contributed by atoms with Crippen molar-refractivity contribution in [3.05, 3.63) is 28.2 Å². The molecule has 0 bridgehead atoms. The summed E-state index contributed by atoms with van der Waals surface area (Å²) >= 11 is 13.2. The zero-order valence-electron chi connectivity index (χ0n) is 10.7. The zero-order valence-corrected chi connectivity index (χ0v) is 13.0. The molecule has 0 saturated carbocycles. The molecule has 110 valence electrons. The number of anilines is 1. The first-order chi connectivity index (χ1) is 9.43. The molecule has 1 unspecified atom stereocenters. The molecule has 1 aromatic rings. The average molecular weight is 337 g/mol. The summed E-state index contributed by atoms with van der Waals surface area (Å²) in [7, 11) is 0. The van der Waals surface area contributed by atoms with E-state index in [1.54, 1.807) is 12.1 Å². The van der Waals surface area contributed by atoms with Gasteiger partial charge in [0.15, 0.2) is 0 Å². The zero-order chi connectivity index (χ0) is 15.1. The molecular weight excluding hydrogens is 323 g/mol. The van der Waals surface area contributed by atoms with Crippen LogP contribution in [0.15, 0.2) is 18.2 Å². The quantitative estimate of drug-likeness (QED) is 0.744. The summed E-state index contributed by atoms with van der Waals surface area (Å²) < 4.78 is 0. The highest BCUT2D eigenvalue weighted by molar-refractivity contribution is 7.98. The molecule has 1 rings (SSSR count). The van der Waals surface area contributed by atoms with E-state index in [0.717, 1.165) is 0 Å². The Bertz CT molecular complexity index is 500. The van der Waals surface area contributed by atoms with Gasteiger partial charge in [0.05, 0.1) is 10.7 Å². The van der Waals surface area contributed by atoms with Crippen molar-refractivity contribution in [2.45, 2.75) is 12.5 Å². The van der Waals surface area contributed by atoms with Crippen molar-refractivity contribution >= 4 is 52.7 Å². The third kappa shape index (κ3) is 5.48. The fourth-order valence-electron chi connectivity index (χ4n) is 1.40. The highest BCUT2D eigenvalue weighted by Gasteiger charge is 2.19. The van der Waals surface area contributed by atoms with Crippen molar-refractivity contribution in [2.75, 3.05) is 17.3 Å². The number of benzene rings is 1. The van der Waals surface area contributed by atoms with Gasteiger partial charge in [0.1, 0.15) is 6.04 Å². The van der Waals surface area contributed by atoms with Crippen LogP contribution < -0.4 is 10.6 Å². The number of urea groups is 1. The van der Waals surface area contributed by atoms with Gasteiger partial charge in [-0.3, -0.25) is 0 Å². The van der Waals surface area contributed by atoms with Crippen molar-refractivity contribution in [3.8, 4) is 0 Å². The van der Waals surface area contributed by atoms with Crippen LogP contribution in [0.2, 0.25) is 10.0 Å². The van der Waals surface area contributed by atoms with E-state index in [2.05, 4.69) is 10.6 Å². The number of hydrogen-bond acceptors (Lipinski definition) is 3. The number of rotatable bonds is 6. The van der Waals surface area contributed by atoms with Crippen LogP contribution in [0.5, 0.6) is 0 Å². The normalized spacial score (nSPS) is 11.8. The Morgan fingerprint density at radius 3 is 2.70 bits per heavy atom. The lowest BCUT2D eigenvalue weighted by molar-refractivity contribution is -0.139. The lowest BCUT2D eigenvalue weighted by Crippen LogP contribution is -2.43. The minimum atomic E-state index is -1.08. The summed E-state index contributed by atoms with van der Waals surface area (Å²) in [4.78, 5) is 22.8. The maximum atomic E-state index is 11.8. The Kier molecular flexibility index (Phi) is 6.98. The van der Waals surface area contributed by atoms with E-state index in [1.165, 1.54) is 17.8 Å². The summed E-state index contributed by atoms with van der Waals surface area (Å²) in [6.45, 7) is 0. The number of halogens is 2. The number of aliphatic carboxylic acids is 1. The van der Waals surface area contributed by atoms with Crippen LogP contribution >= 0.6 is 35.0 Å². The minimum Gasteiger partial charge on any atom is -0.480 e. The van der Waals surface area contributed by atoms with Crippen molar-refractivity contribution < 1.29 is 14.7 Å². The van der Waals surface area contributed by atoms with Crippen LogP contribution in [-0.4, -0.2) is 35.2 Å². The molecule has 0 fully saturated rings. The number of carbonyl (C=O) groups excluding carboxylic acids is 1. The molecule has 0 radical (unpaired) electrons. The number of hydrogen-bond donors (Lipinski definition) is 3. The number of carboxylic acids is 1. The molecule has 20 heavy (non-hydrogen) atoms. The van der Waals surface area contributed by atoms with Crippen LogP contribution in [0.4, 0.5) is 10.5 Å². The molecule has 0 aromatic heterocycles. The van der Waals surface area contributed by atoms with Gasteiger partial charge in [0, 0.05) is 5.02 Å². The first-order valence-electron chi connectivity index (χ1n) is 5.68. The molecule has 1 atom stereocenters. The van der Waals surface area contributed by atoms with E-state index in [1.807, 2.05) is 6.26 Å². The van der Waals surface area contributed by atoms with Gasteiger partial charge in [-0.2, -0.15) is 11.8 Å². The summed E-state index contributed by atoms with van der Waals surface area (Å²) in [5.41, 5.74) is 0.325. The van der Waals surface area contributed by atoms with E-state index < -0.39 is 18.0 Å². The molecule has 0 saturated heterocycles. The Morgan fingerprint density at radius 2 is 2.10 bits per heavy atom. The standard InChI is InChI=1S/C12H14Cl2N2O3S/c1-20-5-4-9(11(17)18)15-12(19)16-10-6-7(13)2-3-8(10)14/h2-3,6,9H,4-5H2,1H3,(H,17,18)(H2,15,16,19). The maximum Gasteiger partial charge on any atom is 0.326 e. The first kappa shape index (κ1) is 16.9. The lowest BCUT2D eigenvalue weighted by atomic mass is 10.2. The van der Waals surface area contributed by atoms with E-state index in [-0.39, 0.29) is 0 Å². The smallest absolute Gasteiger partial charge is 0.326 e. The molecule has 0 aliphatic heterocycles. The molecule has 0 aliphatic carbocycles. The van der Waals surface area contributed by atoms with E-state index >= 15 is 0 Å². The first-order valence-corrected chi connectivity index (χ1v) is 7.83. The van der Waals surface area contributed by atoms with Gasteiger partial charge < -0.3 is 15.7 Å². The Labute approximate surface area is 131 Å². The molecular formula is C12H14Cl2N2O3S. The second-order valence-electron chi connectivity index (χ2n) is 3.89. The topological polar surface area (TPSA) is 78.4 Å². The number of amides is 2. The second kappa shape index (κ2) is 8.24. The van der Waals surface area contributed by atoms with Crippen LogP contribution in [0.25, 0.3) is 0 Å². The number of carboxylic acid groups (broad SMARTS) is 1. The van der Waals surface area contributed by atoms with E-state index in [0.29, 0.717) is 27.9 Å². The van der Waals surface area contributed by atoms with Crippen molar-refractivity contribution in [1.82, 2.24) is 5.32 Å². The van der Waals surface area contributed by atoms with Gasteiger partial charge in [0.25, 0.3) is 0 Å². The van der Waals surface area contributed by atoms with E-state index in [9.17, 15) is 9.59 Å². The largest absolute Gasteiger partial charge is 0.480 e. The SMILES string of the molecule is CSCCC(NC(=O)Nc1cc(Cl)ccc1Cl)C(=O)O. The molecule has 8 heteroatoms. The summed E-state index contributed by atoms with van der Waals surface area (Å²) in [6, 6.07) is 3.04. The van der Waals surface area contributed by atoms with Crippen LogP contribution in [-0.2, 0) is 4.79 Å². The van der Waals surface area contributed by atoms with Crippen LogP contribution in [0.1, 0.15) is 6.42 Å². The monoisotopic (exact) mass is 336 g/mol. The number of carbonyl (C=O) groups is 2. The maximum absolute atomic E-state index is 11.8. The fourth-order valence-corrected chi connectivity index (χ4v) is 2.21. The van der Waals surface area contributed by atoms with Crippen LogP contribution in [0, 0.1) is 0 Å². The summed E-state index contributed by atoms with van der Waals surface area (Å²) in [5.74, 6) is -0.443. The third-order valence-corrected chi connectivity index (χ3v) is 3.60. The molecule has 3 N–H and O–H groups in total. The molecule has 0 aliphatic rings. The molecule has 1 aromatic carbocycles. The Hall–Kier alpha value is -1.11. The van der Waals surface area contributed by atoms with Crippen molar-refractivity contribution in [1.29, 1.82) is 0 Å². The van der Waals surface area contributed by atoms with Gasteiger partial charge in [-0.15, -0.1) is 0 Å². The molecule has 0 heterocycles.